The van der Waals surface area contributed by atoms with Crippen molar-refractivity contribution in [3.63, 3.8) is 0 Å². The zero-order chi connectivity index (χ0) is 26.5. The SMILES string of the molecule is C1=CCCC(c2cc(-c3ccccc3)cc(-c3ccc4c(c3)N=C3c5ccccc5-c5ccccc5C3C4)c2)=C1. The Morgan fingerprint density at radius 1 is 0.575 bits per heavy atom. The fourth-order valence-electron chi connectivity index (χ4n) is 6.66. The zero-order valence-corrected chi connectivity index (χ0v) is 22.3. The van der Waals surface area contributed by atoms with Crippen LogP contribution >= 0.6 is 0 Å². The van der Waals surface area contributed by atoms with Crippen LogP contribution in [0.2, 0.25) is 0 Å². The molecule has 1 atom stereocenters. The second-order valence-electron chi connectivity index (χ2n) is 11.1. The van der Waals surface area contributed by atoms with Crippen LogP contribution in [0, 0.1) is 0 Å². The van der Waals surface area contributed by atoms with Gasteiger partial charge in [-0.05, 0) is 99.2 Å². The van der Waals surface area contributed by atoms with Gasteiger partial charge in [0.15, 0.2) is 0 Å². The smallest absolute Gasteiger partial charge is 0.0671 e. The number of nitrogens with zero attached hydrogens (tertiary/aromatic N) is 1. The van der Waals surface area contributed by atoms with Crippen molar-refractivity contribution >= 4 is 17.0 Å². The highest BCUT2D eigenvalue weighted by atomic mass is 14.8. The predicted octanol–water partition coefficient (Wildman–Crippen LogP) is 10.2. The monoisotopic (exact) mass is 511 g/mol. The molecule has 0 saturated carbocycles. The van der Waals surface area contributed by atoms with Crippen LogP contribution in [-0.4, -0.2) is 5.71 Å². The number of rotatable bonds is 3. The highest BCUT2D eigenvalue weighted by Gasteiger charge is 2.33. The van der Waals surface area contributed by atoms with E-state index in [1.165, 1.54) is 66.9 Å². The Labute approximate surface area is 235 Å². The zero-order valence-electron chi connectivity index (χ0n) is 22.3. The first-order valence-corrected chi connectivity index (χ1v) is 14.3. The number of allylic oxidation sites excluding steroid dienone is 4. The molecule has 0 radical (unpaired) electrons. The molecule has 5 aromatic rings. The van der Waals surface area contributed by atoms with E-state index >= 15 is 0 Å². The summed E-state index contributed by atoms with van der Waals surface area (Å²) in [4.78, 5) is 5.38. The largest absolute Gasteiger partial charge is 0.252 e. The summed E-state index contributed by atoms with van der Waals surface area (Å²) < 4.78 is 0. The van der Waals surface area contributed by atoms with Gasteiger partial charge in [0.2, 0.25) is 0 Å². The van der Waals surface area contributed by atoms with Gasteiger partial charge in [-0.3, -0.25) is 4.99 Å². The van der Waals surface area contributed by atoms with Crippen LogP contribution in [-0.2, 0) is 6.42 Å². The Morgan fingerprint density at radius 3 is 2.12 bits per heavy atom. The molecule has 0 fully saturated rings. The Hall–Kier alpha value is -4.75. The number of aliphatic imine (C=N–C) groups is 1. The number of benzene rings is 5. The summed E-state index contributed by atoms with van der Waals surface area (Å²) in [6, 6.07) is 42.3. The summed E-state index contributed by atoms with van der Waals surface area (Å²) >= 11 is 0. The van der Waals surface area contributed by atoms with Crippen LogP contribution in [0.4, 0.5) is 5.69 Å². The number of hydrogen-bond donors (Lipinski definition) is 0. The Kier molecular flexibility index (Phi) is 5.48. The fourth-order valence-corrected chi connectivity index (χ4v) is 6.66. The lowest BCUT2D eigenvalue weighted by Gasteiger charge is -2.33. The van der Waals surface area contributed by atoms with Gasteiger partial charge in [0.25, 0.3) is 0 Å². The highest BCUT2D eigenvalue weighted by Crippen LogP contribution is 2.46. The summed E-state index contributed by atoms with van der Waals surface area (Å²) in [6.07, 6.45) is 9.87. The van der Waals surface area contributed by atoms with E-state index in [0.717, 1.165) is 24.9 Å². The summed E-state index contributed by atoms with van der Waals surface area (Å²) in [5, 5.41) is 0. The molecule has 5 aromatic carbocycles. The van der Waals surface area contributed by atoms with E-state index in [4.69, 9.17) is 4.99 Å². The van der Waals surface area contributed by atoms with E-state index in [9.17, 15) is 0 Å². The maximum absolute atomic E-state index is 5.38. The lowest BCUT2D eigenvalue weighted by atomic mass is 9.73. The Morgan fingerprint density at radius 2 is 1.30 bits per heavy atom. The van der Waals surface area contributed by atoms with E-state index in [1.807, 2.05) is 0 Å². The molecule has 0 aromatic heterocycles. The Balaban J connectivity index is 1.26. The van der Waals surface area contributed by atoms with Gasteiger partial charge in [-0.2, -0.15) is 0 Å². The van der Waals surface area contributed by atoms with Gasteiger partial charge in [0.1, 0.15) is 0 Å². The maximum Gasteiger partial charge on any atom is 0.0671 e. The lowest BCUT2D eigenvalue weighted by Crippen LogP contribution is -2.24. The first-order chi connectivity index (χ1) is 19.8. The number of hydrogen-bond acceptors (Lipinski definition) is 1. The van der Waals surface area contributed by atoms with Crippen LogP contribution in [0.25, 0.3) is 39.0 Å². The van der Waals surface area contributed by atoms with Crippen molar-refractivity contribution in [2.45, 2.75) is 25.2 Å². The van der Waals surface area contributed by atoms with Crippen LogP contribution in [0.1, 0.15) is 41.0 Å². The van der Waals surface area contributed by atoms with E-state index in [-0.39, 0.29) is 0 Å². The third kappa shape index (κ3) is 3.89. The average Bonchev–Trinajstić information content (AvgIpc) is 3.04. The van der Waals surface area contributed by atoms with Gasteiger partial charge in [-0.15, -0.1) is 0 Å². The van der Waals surface area contributed by atoms with Gasteiger partial charge >= 0.3 is 0 Å². The first-order valence-electron chi connectivity index (χ1n) is 14.3. The molecule has 1 heteroatoms. The van der Waals surface area contributed by atoms with Crippen LogP contribution in [0.5, 0.6) is 0 Å². The molecular formula is C39H29N. The second-order valence-corrected chi connectivity index (χ2v) is 11.1. The maximum atomic E-state index is 5.38. The van der Waals surface area contributed by atoms with Crippen molar-refractivity contribution in [3.05, 3.63) is 156 Å². The molecule has 0 amide bonds. The van der Waals surface area contributed by atoms with E-state index in [2.05, 4.69) is 133 Å². The normalized spacial score (nSPS) is 16.6. The summed E-state index contributed by atoms with van der Waals surface area (Å²) in [5.41, 5.74) is 16.6. The average molecular weight is 512 g/mol. The van der Waals surface area contributed by atoms with Crippen LogP contribution in [0.3, 0.4) is 0 Å². The van der Waals surface area contributed by atoms with Gasteiger partial charge in [0, 0.05) is 11.5 Å². The van der Waals surface area contributed by atoms with Gasteiger partial charge in [-0.1, -0.05) is 109 Å². The van der Waals surface area contributed by atoms with Crippen LogP contribution < -0.4 is 0 Å². The standard InChI is InChI=1S/C39H29N/c1-3-11-26(12-4-1)30-21-31(27-13-5-2-6-14-27)23-32(22-30)28-19-20-29-24-37-35-17-8-7-15-33(35)34-16-9-10-18-36(34)39(37)40-38(29)25-28/h1-5,7-13,15-23,25,37H,6,14,24H2. The van der Waals surface area contributed by atoms with Crippen molar-refractivity contribution in [1.82, 2.24) is 0 Å². The predicted molar refractivity (Wildman–Crippen MR) is 168 cm³/mol. The minimum atomic E-state index is 0.295. The van der Waals surface area contributed by atoms with E-state index in [1.54, 1.807) is 0 Å². The van der Waals surface area contributed by atoms with Crippen molar-refractivity contribution in [2.75, 3.05) is 0 Å². The van der Waals surface area contributed by atoms with Gasteiger partial charge in [0.05, 0.1) is 11.4 Å². The third-order valence-electron chi connectivity index (χ3n) is 8.67. The molecule has 0 bridgehead atoms. The van der Waals surface area contributed by atoms with E-state index < -0.39 is 0 Å². The minimum absolute atomic E-state index is 0.295. The first kappa shape index (κ1) is 23.2. The fraction of sp³-hybridized carbons (Fsp3) is 0.103. The summed E-state index contributed by atoms with van der Waals surface area (Å²) in [5.74, 6) is 0.295. The molecule has 1 aliphatic heterocycles. The summed E-state index contributed by atoms with van der Waals surface area (Å²) in [7, 11) is 0. The van der Waals surface area contributed by atoms with Gasteiger partial charge < -0.3 is 0 Å². The molecule has 0 N–H and O–H groups in total. The molecule has 190 valence electrons. The molecule has 1 heterocycles. The molecule has 2 aliphatic carbocycles. The van der Waals surface area contributed by atoms with Gasteiger partial charge in [-0.25, -0.2) is 0 Å². The van der Waals surface area contributed by atoms with Crippen molar-refractivity contribution < 1.29 is 0 Å². The molecule has 1 nitrogen and oxygen atoms in total. The quantitative estimate of drug-likeness (QED) is 0.228. The third-order valence-corrected chi connectivity index (χ3v) is 8.67. The molecular weight excluding hydrogens is 482 g/mol. The molecule has 3 aliphatic rings. The summed E-state index contributed by atoms with van der Waals surface area (Å²) in [6.45, 7) is 0. The van der Waals surface area contributed by atoms with Crippen molar-refractivity contribution in [1.29, 1.82) is 0 Å². The minimum Gasteiger partial charge on any atom is -0.252 e. The number of fused-ring (bicyclic) bond motifs is 7. The molecule has 8 rings (SSSR count). The van der Waals surface area contributed by atoms with Crippen molar-refractivity contribution in [3.8, 4) is 33.4 Å². The van der Waals surface area contributed by atoms with Crippen LogP contribution in [0.15, 0.2) is 138 Å². The molecule has 0 spiro atoms. The highest BCUT2D eigenvalue weighted by molar-refractivity contribution is 6.15. The van der Waals surface area contributed by atoms with E-state index in [0.29, 0.717) is 5.92 Å². The second kappa shape index (κ2) is 9.47. The van der Waals surface area contributed by atoms with Crippen molar-refractivity contribution in [2.24, 2.45) is 4.99 Å². The molecule has 1 unspecified atom stereocenters. The topological polar surface area (TPSA) is 12.4 Å². The molecule has 0 saturated heterocycles. The Bertz CT molecular complexity index is 1870. The molecule has 40 heavy (non-hydrogen) atoms. The lowest BCUT2D eigenvalue weighted by molar-refractivity contribution is 0.855.